The van der Waals surface area contributed by atoms with Crippen LogP contribution in [0.4, 0.5) is 10.8 Å². The highest BCUT2D eigenvalue weighted by atomic mass is 35.5. The summed E-state index contributed by atoms with van der Waals surface area (Å²) in [4.78, 5) is 29.0. The van der Waals surface area contributed by atoms with Crippen LogP contribution in [0, 0.1) is 17.0 Å². The number of anilines is 1. The lowest BCUT2D eigenvalue weighted by Crippen LogP contribution is -2.12. The van der Waals surface area contributed by atoms with Crippen LogP contribution in [0.1, 0.15) is 15.2 Å². The first kappa shape index (κ1) is 16.6. The fourth-order valence-electron chi connectivity index (χ4n) is 1.98. The van der Waals surface area contributed by atoms with E-state index in [0.717, 1.165) is 16.6 Å². The molecule has 0 bridgehead atoms. The number of nitro benzene ring substituents is 1. The summed E-state index contributed by atoms with van der Waals surface area (Å²) >= 11 is 8.88. The first-order valence-corrected chi connectivity index (χ1v) is 8.79. The molecule has 0 saturated heterocycles. The van der Waals surface area contributed by atoms with Crippen LogP contribution in [-0.2, 0) is 0 Å². The number of hydrogen-bond donors (Lipinski definition) is 1. The molecule has 1 aromatic carbocycles. The van der Waals surface area contributed by atoms with Crippen molar-refractivity contribution in [2.75, 3.05) is 5.32 Å². The number of rotatable bonds is 4. The lowest BCUT2D eigenvalue weighted by atomic mass is 10.2. The number of aryl methyl sites for hydroxylation is 1. The highest BCUT2D eigenvalue weighted by Crippen LogP contribution is 2.31. The van der Waals surface area contributed by atoms with Crippen LogP contribution < -0.4 is 5.32 Å². The summed E-state index contributed by atoms with van der Waals surface area (Å²) in [7, 11) is 0. The van der Waals surface area contributed by atoms with Crippen molar-refractivity contribution in [1.82, 2.24) is 4.98 Å². The Morgan fingerprint density at radius 2 is 2.12 bits per heavy atom. The number of thiazole rings is 1. The summed E-state index contributed by atoms with van der Waals surface area (Å²) in [6.45, 7) is 2.01. The molecule has 0 radical (unpaired) electrons. The van der Waals surface area contributed by atoms with Gasteiger partial charge in [-0.25, -0.2) is 4.98 Å². The average molecular weight is 380 g/mol. The van der Waals surface area contributed by atoms with Gasteiger partial charge in [0.25, 0.3) is 11.6 Å². The molecule has 3 aromatic rings. The fourth-order valence-corrected chi connectivity index (χ4v) is 3.85. The van der Waals surface area contributed by atoms with E-state index in [1.54, 1.807) is 11.3 Å². The van der Waals surface area contributed by atoms with E-state index in [1.807, 2.05) is 24.4 Å². The predicted octanol–water partition coefficient (Wildman–Crippen LogP) is 4.99. The summed E-state index contributed by atoms with van der Waals surface area (Å²) in [5, 5.41) is 15.7. The Balaban J connectivity index is 1.78. The zero-order valence-electron chi connectivity index (χ0n) is 12.3. The lowest BCUT2D eigenvalue weighted by Gasteiger charge is -2.03. The van der Waals surface area contributed by atoms with Crippen LogP contribution >= 0.6 is 34.3 Å². The van der Waals surface area contributed by atoms with Gasteiger partial charge in [0, 0.05) is 22.4 Å². The van der Waals surface area contributed by atoms with Crippen molar-refractivity contribution in [3.63, 3.8) is 0 Å². The monoisotopic (exact) mass is 379 g/mol. The SMILES string of the molecule is Cc1ccc(-c2csc(NC(=O)c3ccc([N+](=O)[O-])cc3Cl)n2)s1. The number of non-ortho nitro benzene ring substituents is 1. The van der Waals surface area contributed by atoms with E-state index in [2.05, 4.69) is 10.3 Å². The molecule has 0 unspecified atom stereocenters. The molecule has 9 heteroatoms. The van der Waals surface area contributed by atoms with E-state index in [-0.39, 0.29) is 16.3 Å². The van der Waals surface area contributed by atoms with Gasteiger partial charge in [-0.05, 0) is 25.1 Å². The lowest BCUT2D eigenvalue weighted by molar-refractivity contribution is -0.384. The van der Waals surface area contributed by atoms with Crippen molar-refractivity contribution >= 4 is 51.0 Å². The number of carbonyl (C=O) groups excluding carboxylic acids is 1. The van der Waals surface area contributed by atoms with Gasteiger partial charge in [0.2, 0.25) is 0 Å². The molecule has 24 heavy (non-hydrogen) atoms. The summed E-state index contributed by atoms with van der Waals surface area (Å²) in [6, 6.07) is 7.70. The molecule has 0 aliphatic carbocycles. The number of benzene rings is 1. The van der Waals surface area contributed by atoms with Crippen LogP contribution in [0.25, 0.3) is 10.6 Å². The van der Waals surface area contributed by atoms with Crippen molar-refractivity contribution in [3.8, 4) is 10.6 Å². The van der Waals surface area contributed by atoms with Crippen LogP contribution in [0.15, 0.2) is 35.7 Å². The van der Waals surface area contributed by atoms with Gasteiger partial charge in [0.1, 0.15) is 0 Å². The van der Waals surface area contributed by atoms with Crippen molar-refractivity contribution in [2.45, 2.75) is 6.92 Å². The molecule has 0 fully saturated rings. The Bertz CT molecular complexity index is 936. The third-order valence-electron chi connectivity index (χ3n) is 3.13. The molecule has 0 atom stereocenters. The quantitative estimate of drug-likeness (QED) is 0.511. The first-order valence-electron chi connectivity index (χ1n) is 6.71. The van der Waals surface area contributed by atoms with Crippen LogP contribution in [0.3, 0.4) is 0 Å². The number of nitrogens with one attached hydrogen (secondary N) is 1. The fraction of sp³-hybridized carbons (Fsp3) is 0.0667. The normalized spacial score (nSPS) is 10.6. The van der Waals surface area contributed by atoms with E-state index in [1.165, 1.54) is 28.3 Å². The van der Waals surface area contributed by atoms with E-state index in [4.69, 9.17) is 11.6 Å². The first-order chi connectivity index (χ1) is 11.4. The second-order valence-electron chi connectivity index (χ2n) is 4.82. The van der Waals surface area contributed by atoms with Gasteiger partial charge in [0.05, 0.1) is 26.1 Å². The van der Waals surface area contributed by atoms with Crippen LogP contribution in [0.5, 0.6) is 0 Å². The Morgan fingerprint density at radius 1 is 1.33 bits per heavy atom. The van der Waals surface area contributed by atoms with Gasteiger partial charge < -0.3 is 0 Å². The number of carbonyl (C=O) groups is 1. The molecule has 0 spiro atoms. The third kappa shape index (κ3) is 3.45. The van der Waals surface area contributed by atoms with Crippen LogP contribution in [-0.4, -0.2) is 15.8 Å². The molecule has 2 aromatic heterocycles. The van der Waals surface area contributed by atoms with Gasteiger partial charge in [-0.1, -0.05) is 11.6 Å². The minimum atomic E-state index is -0.566. The maximum atomic E-state index is 12.3. The zero-order valence-corrected chi connectivity index (χ0v) is 14.7. The van der Waals surface area contributed by atoms with E-state index in [0.29, 0.717) is 5.13 Å². The predicted molar refractivity (Wildman–Crippen MR) is 96.2 cm³/mol. The van der Waals surface area contributed by atoms with E-state index < -0.39 is 10.8 Å². The number of aromatic nitrogens is 1. The van der Waals surface area contributed by atoms with Crippen molar-refractivity contribution in [2.24, 2.45) is 0 Å². The van der Waals surface area contributed by atoms with Crippen molar-refractivity contribution < 1.29 is 9.72 Å². The minimum Gasteiger partial charge on any atom is -0.298 e. The van der Waals surface area contributed by atoms with E-state index >= 15 is 0 Å². The van der Waals surface area contributed by atoms with Gasteiger partial charge in [-0.2, -0.15) is 0 Å². The van der Waals surface area contributed by atoms with Gasteiger partial charge >= 0.3 is 0 Å². The number of thiophene rings is 1. The molecule has 0 saturated carbocycles. The molecule has 6 nitrogen and oxygen atoms in total. The largest absolute Gasteiger partial charge is 0.298 e. The molecule has 122 valence electrons. The second kappa shape index (κ2) is 6.68. The molecule has 3 rings (SSSR count). The standard InChI is InChI=1S/C15H10ClN3O3S2/c1-8-2-5-13(24-8)12-7-23-15(17-12)18-14(20)10-4-3-9(19(21)22)6-11(10)16/h2-7H,1H3,(H,17,18,20). The summed E-state index contributed by atoms with van der Waals surface area (Å²) in [5.41, 5.74) is 0.787. The Hall–Kier alpha value is -2.29. The summed E-state index contributed by atoms with van der Waals surface area (Å²) < 4.78 is 0. The third-order valence-corrected chi connectivity index (χ3v) is 5.22. The van der Waals surface area contributed by atoms with Gasteiger partial charge in [0.15, 0.2) is 5.13 Å². The zero-order chi connectivity index (χ0) is 17.3. The maximum absolute atomic E-state index is 12.3. The molecular formula is C15H10ClN3O3S2. The number of amides is 1. The van der Waals surface area contributed by atoms with Gasteiger partial charge in [-0.15, -0.1) is 22.7 Å². The molecule has 2 heterocycles. The van der Waals surface area contributed by atoms with Crippen LogP contribution in [0.2, 0.25) is 5.02 Å². The van der Waals surface area contributed by atoms with Crippen molar-refractivity contribution in [3.05, 3.63) is 61.3 Å². The summed E-state index contributed by atoms with van der Waals surface area (Å²) in [5.74, 6) is -0.460. The second-order valence-corrected chi connectivity index (χ2v) is 7.38. The molecule has 1 amide bonds. The van der Waals surface area contributed by atoms with Gasteiger partial charge in [-0.3, -0.25) is 20.2 Å². The highest BCUT2D eigenvalue weighted by Gasteiger charge is 2.16. The van der Waals surface area contributed by atoms with Crippen molar-refractivity contribution in [1.29, 1.82) is 0 Å². The number of nitrogens with zero attached hydrogens (tertiary/aromatic N) is 2. The molecule has 0 aliphatic rings. The molecule has 0 aliphatic heterocycles. The number of halogens is 1. The Morgan fingerprint density at radius 3 is 2.75 bits per heavy atom. The van der Waals surface area contributed by atoms with E-state index in [9.17, 15) is 14.9 Å². The highest BCUT2D eigenvalue weighted by molar-refractivity contribution is 7.17. The smallest absolute Gasteiger partial charge is 0.270 e. The number of nitro groups is 1. The molecular weight excluding hydrogens is 370 g/mol. The number of hydrogen-bond acceptors (Lipinski definition) is 6. The Labute approximate surface area is 149 Å². The maximum Gasteiger partial charge on any atom is 0.270 e. The topological polar surface area (TPSA) is 85.1 Å². The summed E-state index contributed by atoms with van der Waals surface area (Å²) in [6.07, 6.45) is 0. The minimum absolute atomic E-state index is 0.0207. The Kier molecular flexibility index (Phi) is 4.61. The molecule has 1 N–H and O–H groups in total. The average Bonchev–Trinajstić information content (AvgIpc) is 3.15.